The van der Waals surface area contributed by atoms with Gasteiger partial charge in [-0.05, 0) is 25.5 Å². The first kappa shape index (κ1) is 16.5. The monoisotopic (exact) mass is 250 g/mol. The lowest BCUT2D eigenvalue weighted by atomic mass is 10.1. The molecule has 1 atom stereocenters. The Bertz CT molecular complexity index is 325. The highest BCUT2D eigenvalue weighted by Crippen LogP contribution is 2.14. The van der Waals surface area contributed by atoms with Gasteiger partial charge in [0.2, 0.25) is 5.91 Å². The number of carbonyl (C=O) groups excluding carboxylic acids is 1. The molecule has 1 unspecified atom stereocenters. The summed E-state index contributed by atoms with van der Waals surface area (Å²) >= 11 is 0. The molecule has 0 saturated heterocycles. The van der Waals surface area contributed by atoms with Crippen molar-refractivity contribution in [1.82, 2.24) is 0 Å². The molecule has 0 aliphatic heterocycles. The van der Waals surface area contributed by atoms with Gasteiger partial charge in [-0.15, -0.1) is 0 Å². The number of para-hydroxylation sites is 1. The van der Waals surface area contributed by atoms with E-state index in [1.807, 2.05) is 39.0 Å². The Morgan fingerprint density at radius 1 is 1.28 bits per heavy atom. The second kappa shape index (κ2) is 9.51. The molecule has 0 aromatic heterocycles. The maximum atomic E-state index is 10.9. The van der Waals surface area contributed by atoms with E-state index in [1.54, 1.807) is 0 Å². The molecule has 1 amide bonds. The summed E-state index contributed by atoms with van der Waals surface area (Å²) in [4.78, 5) is 13.2. The molecule has 0 heterocycles. The number of amides is 1. The van der Waals surface area contributed by atoms with Crippen LogP contribution < -0.4 is 10.6 Å². The largest absolute Gasteiger partial charge is 0.372 e. The second-order valence-corrected chi connectivity index (χ2v) is 4.01. The molecule has 2 N–H and O–H groups in total. The number of primary amides is 1. The van der Waals surface area contributed by atoms with E-state index in [2.05, 4.69) is 24.0 Å². The van der Waals surface area contributed by atoms with E-state index in [1.165, 1.54) is 5.69 Å². The first-order valence-electron chi connectivity index (χ1n) is 6.74. The minimum atomic E-state index is -0.218. The van der Waals surface area contributed by atoms with Crippen molar-refractivity contribution in [3.63, 3.8) is 0 Å². The summed E-state index contributed by atoms with van der Waals surface area (Å²) in [6, 6.07) is 10.2. The maximum absolute atomic E-state index is 10.9. The zero-order chi connectivity index (χ0) is 14.0. The molecular formula is C15H26N2O. The normalized spacial score (nSPS) is 11.1. The van der Waals surface area contributed by atoms with Crippen LogP contribution in [0.2, 0.25) is 0 Å². The molecule has 0 spiro atoms. The van der Waals surface area contributed by atoms with Gasteiger partial charge in [-0.25, -0.2) is 0 Å². The Kier molecular flexibility index (Phi) is 8.71. The summed E-state index contributed by atoms with van der Waals surface area (Å²) < 4.78 is 0. The van der Waals surface area contributed by atoms with Crippen LogP contribution in [0.4, 0.5) is 5.69 Å². The molecule has 0 aliphatic carbocycles. The zero-order valence-corrected chi connectivity index (χ0v) is 12.0. The molecule has 0 aliphatic rings. The maximum Gasteiger partial charge on any atom is 0.220 e. The third kappa shape index (κ3) is 5.71. The Morgan fingerprint density at radius 2 is 1.83 bits per heavy atom. The Balaban J connectivity index is 0.00000137. The first-order chi connectivity index (χ1) is 8.65. The minimum Gasteiger partial charge on any atom is -0.372 e. The lowest BCUT2D eigenvalue weighted by Gasteiger charge is -2.24. The lowest BCUT2D eigenvalue weighted by molar-refractivity contribution is -0.121. The van der Waals surface area contributed by atoms with Crippen LogP contribution in [0.15, 0.2) is 30.3 Å². The zero-order valence-electron chi connectivity index (χ0n) is 12.0. The molecule has 18 heavy (non-hydrogen) atoms. The van der Waals surface area contributed by atoms with Crippen LogP contribution in [0.5, 0.6) is 0 Å². The third-order valence-corrected chi connectivity index (χ3v) is 2.82. The second-order valence-electron chi connectivity index (χ2n) is 4.01. The number of nitrogens with two attached hydrogens (primary N) is 1. The molecule has 1 aromatic rings. The van der Waals surface area contributed by atoms with Crippen molar-refractivity contribution in [3.05, 3.63) is 30.3 Å². The summed E-state index contributed by atoms with van der Waals surface area (Å²) in [5.41, 5.74) is 6.44. The van der Waals surface area contributed by atoms with Gasteiger partial charge in [-0.2, -0.15) is 0 Å². The molecule has 1 rings (SSSR count). The van der Waals surface area contributed by atoms with Gasteiger partial charge in [-0.3, -0.25) is 4.79 Å². The smallest absolute Gasteiger partial charge is 0.220 e. The minimum absolute atomic E-state index is 0.0576. The van der Waals surface area contributed by atoms with Gasteiger partial charge in [0.15, 0.2) is 0 Å². The molecule has 102 valence electrons. The van der Waals surface area contributed by atoms with Gasteiger partial charge < -0.3 is 10.6 Å². The summed E-state index contributed by atoms with van der Waals surface area (Å²) in [7, 11) is 0. The summed E-state index contributed by atoms with van der Waals surface area (Å²) in [5.74, 6) is -0.276. The van der Waals surface area contributed by atoms with E-state index < -0.39 is 0 Å². The first-order valence-corrected chi connectivity index (χ1v) is 6.74. The number of carbonyl (C=O) groups is 1. The fourth-order valence-electron chi connectivity index (χ4n) is 1.60. The quantitative estimate of drug-likeness (QED) is 0.843. The van der Waals surface area contributed by atoms with Crippen molar-refractivity contribution in [1.29, 1.82) is 0 Å². The SMILES string of the molecule is CC.CCN(CCC(C)C(N)=O)c1ccccc1. The number of rotatable bonds is 6. The van der Waals surface area contributed by atoms with Crippen molar-refractivity contribution < 1.29 is 4.79 Å². The van der Waals surface area contributed by atoms with Crippen LogP contribution >= 0.6 is 0 Å². The van der Waals surface area contributed by atoms with E-state index in [0.29, 0.717) is 0 Å². The predicted octanol–water partition coefficient (Wildman–Crippen LogP) is 3.05. The van der Waals surface area contributed by atoms with Gasteiger partial charge >= 0.3 is 0 Å². The van der Waals surface area contributed by atoms with Gasteiger partial charge in [0.25, 0.3) is 0 Å². The number of nitrogens with zero attached hydrogens (tertiary/aromatic N) is 1. The summed E-state index contributed by atoms with van der Waals surface area (Å²) in [6.07, 6.45) is 0.804. The van der Waals surface area contributed by atoms with Crippen LogP contribution in [0.25, 0.3) is 0 Å². The highest BCUT2D eigenvalue weighted by Gasteiger charge is 2.11. The molecule has 0 fully saturated rings. The van der Waals surface area contributed by atoms with Crippen LogP contribution in [0.1, 0.15) is 34.1 Å². The topological polar surface area (TPSA) is 46.3 Å². The fraction of sp³-hybridized carbons (Fsp3) is 0.533. The van der Waals surface area contributed by atoms with Gasteiger partial charge in [0.05, 0.1) is 0 Å². The van der Waals surface area contributed by atoms with Crippen molar-refractivity contribution in [2.45, 2.75) is 34.1 Å². The van der Waals surface area contributed by atoms with Crippen molar-refractivity contribution in [2.75, 3.05) is 18.0 Å². The molecule has 0 bridgehead atoms. The Labute approximate surface area is 111 Å². The average Bonchev–Trinajstić information content (AvgIpc) is 2.42. The van der Waals surface area contributed by atoms with Crippen molar-refractivity contribution >= 4 is 11.6 Å². The van der Waals surface area contributed by atoms with Crippen molar-refractivity contribution in [2.24, 2.45) is 11.7 Å². The van der Waals surface area contributed by atoms with Gasteiger partial charge in [0.1, 0.15) is 0 Å². The van der Waals surface area contributed by atoms with E-state index >= 15 is 0 Å². The molecule has 0 radical (unpaired) electrons. The average molecular weight is 250 g/mol. The van der Waals surface area contributed by atoms with Crippen LogP contribution in [0, 0.1) is 5.92 Å². The van der Waals surface area contributed by atoms with E-state index in [-0.39, 0.29) is 11.8 Å². The standard InChI is InChI=1S/C13H20N2O.C2H6/c1-3-15(10-9-11(2)13(14)16)12-7-5-4-6-8-12;1-2/h4-8,11H,3,9-10H2,1-2H3,(H2,14,16);1-2H3. The molecule has 3 nitrogen and oxygen atoms in total. The molecule has 0 saturated carbocycles. The lowest BCUT2D eigenvalue weighted by Crippen LogP contribution is -2.29. The highest BCUT2D eigenvalue weighted by atomic mass is 16.1. The molecular weight excluding hydrogens is 224 g/mol. The number of hydrogen-bond donors (Lipinski definition) is 1. The third-order valence-electron chi connectivity index (χ3n) is 2.82. The summed E-state index contributed by atoms with van der Waals surface area (Å²) in [5, 5.41) is 0. The molecule has 1 aromatic carbocycles. The predicted molar refractivity (Wildman–Crippen MR) is 78.7 cm³/mol. The number of benzene rings is 1. The van der Waals surface area contributed by atoms with Crippen LogP contribution in [0.3, 0.4) is 0 Å². The highest BCUT2D eigenvalue weighted by molar-refractivity contribution is 5.76. The van der Waals surface area contributed by atoms with E-state index in [4.69, 9.17) is 5.73 Å². The number of hydrogen-bond acceptors (Lipinski definition) is 2. The van der Waals surface area contributed by atoms with Crippen LogP contribution in [-0.4, -0.2) is 19.0 Å². The number of anilines is 1. The Hall–Kier alpha value is -1.51. The fourth-order valence-corrected chi connectivity index (χ4v) is 1.60. The van der Waals surface area contributed by atoms with E-state index in [0.717, 1.165) is 19.5 Å². The van der Waals surface area contributed by atoms with Crippen LogP contribution in [-0.2, 0) is 4.79 Å². The Morgan fingerprint density at radius 3 is 2.28 bits per heavy atom. The molecule has 3 heteroatoms. The summed E-state index contributed by atoms with van der Waals surface area (Å²) in [6.45, 7) is 9.79. The van der Waals surface area contributed by atoms with E-state index in [9.17, 15) is 4.79 Å². The van der Waals surface area contributed by atoms with Gasteiger partial charge in [-0.1, -0.05) is 39.0 Å². The van der Waals surface area contributed by atoms with Gasteiger partial charge in [0, 0.05) is 24.7 Å². The van der Waals surface area contributed by atoms with Crippen molar-refractivity contribution in [3.8, 4) is 0 Å².